The predicted molar refractivity (Wildman–Crippen MR) is 60.0 cm³/mol. The van der Waals surface area contributed by atoms with Gasteiger partial charge in [0.1, 0.15) is 5.60 Å². The molecule has 0 bridgehead atoms. The Labute approximate surface area is 109 Å². The molecule has 1 aliphatic heterocycles. The van der Waals surface area contributed by atoms with Gasteiger partial charge < -0.3 is 14.2 Å². The van der Waals surface area contributed by atoms with Crippen LogP contribution in [0.1, 0.15) is 34.1 Å². The third-order valence-corrected chi connectivity index (χ3v) is 2.15. The van der Waals surface area contributed by atoms with E-state index in [4.69, 9.17) is 9.47 Å². The first-order chi connectivity index (χ1) is 8.54. The molecule has 0 aromatic carbocycles. The zero-order chi connectivity index (χ0) is 14.8. The van der Waals surface area contributed by atoms with E-state index in [0.29, 0.717) is 0 Å². The SMILES string of the molecule is CCOC1CC(C(=O)OC(C)(C)C)=C(C(F)(F)F)O1. The fraction of sp³-hybridized carbons (Fsp3) is 0.750. The van der Waals surface area contributed by atoms with Gasteiger partial charge in [-0.25, -0.2) is 4.79 Å². The number of allylic oxidation sites excluding steroid dienone is 1. The minimum Gasteiger partial charge on any atom is -0.459 e. The molecule has 4 nitrogen and oxygen atoms in total. The van der Waals surface area contributed by atoms with Crippen molar-refractivity contribution < 1.29 is 32.2 Å². The Bertz CT molecular complexity index is 379. The molecule has 0 aliphatic carbocycles. The molecule has 0 aromatic rings. The van der Waals surface area contributed by atoms with Gasteiger partial charge in [0.15, 0.2) is 0 Å². The van der Waals surface area contributed by atoms with Gasteiger partial charge in [0.25, 0.3) is 0 Å². The first-order valence-corrected chi connectivity index (χ1v) is 5.86. The molecular formula is C12H17F3O4. The summed E-state index contributed by atoms with van der Waals surface area (Å²) < 4.78 is 52.9. The van der Waals surface area contributed by atoms with Crippen LogP contribution in [-0.2, 0) is 19.0 Å². The van der Waals surface area contributed by atoms with Crippen molar-refractivity contribution in [2.75, 3.05) is 6.61 Å². The zero-order valence-electron chi connectivity index (χ0n) is 11.3. The standard InChI is InChI=1S/C12H17F3O4/c1-5-17-8-6-7(9(18-8)12(13,14)15)10(16)19-11(2,3)4/h8H,5-6H2,1-4H3. The summed E-state index contributed by atoms with van der Waals surface area (Å²) in [4.78, 5) is 11.8. The largest absolute Gasteiger partial charge is 0.459 e. The van der Waals surface area contributed by atoms with Crippen molar-refractivity contribution in [1.29, 1.82) is 0 Å². The number of esters is 1. The summed E-state index contributed by atoms with van der Waals surface area (Å²) in [6.07, 6.45) is -6.10. The number of alkyl halides is 3. The molecule has 1 unspecified atom stereocenters. The molecule has 0 spiro atoms. The summed E-state index contributed by atoms with van der Waals surface area (Å²) in [5, 5.41) is 0. The molecular weight excluding hydrogens is 265 g/mol. The third kappa shape index (κ3) is 4.41. The van der Waals surface area contributed by atoms with Crippen LogP contribution >= 0.6 is 0 Å². The second-order valence-electron chi connectivity index (χ2n) is 5.01. The fourth-order valence-corrected chi connectivity index (χ4v) is 1.54. The summed E-state index contributed by atoms with van der Waals surface area (Å²) in [6.45, 7) is 6.55. The van der Waals surface area contributed by atoms with Crippen LogP contribution in [0.2, 0.25) is 0 Å². The molecule has 0 fully saturated rings. The minimum atomic E-state index is -4.74. The molecule has 0 saturated heterocycles. The lowest BCUT2D eigenvalue weighted by Crippen LogP contribution is -2.26. The van der Waals surface area contributed by atoms with Crippen LogP contribution in [-0.4, -0.2) is 30.6 Å². The number of ether oxygens (including phenoxy) is 3. The Morgan fingerprint density at radius 1 is 1.37 bits per heavy atom. The summed E-state index contributed by atoms with van der Waals surface area (Å²) in [5.41, 5.74) is -1.40. The Balaban J connectivity index is 2.94. The van der Waals surface area contributed by atoms with Crippen molar-refractivity contribution in [3.8, 4) is 0 Å². The summed E-state index contributed by atoms with van der Waals surface area (Å²) >= 11 is 0. The maximum Gasteiger partial charge on any atom is 0.449 e. The fourth-order valence-electron chi connectivity index (χ4n) is 1.54. The van der Waals surface area contributed by atoms with Crippen LogP contribution in [0.5, 0.6) is 0 Å². The molecule has 110 valence electrons. The van der Waals surface area contributed by atoms with Crippen LogP contribution in [0.4, 0.5) is 13.2 Å². The molecule has 0 amide bonds. The second kappa shape index (κ2) is 5.40. The van der Waals surface area contributed by atoms with Crippen LogP contribution in [0.3, 0.4) is 0 Å². The lowest BCUT2D eigenvalue weighted by molar-refractivity contribution is -0.172. The lowest BCUT2D eigenvalue weighted by atomic mass is 10.1. The highest BCUT2D eigenvalue weighted by atomic mass is 19.4. The highest BCUT2D eigenvalue weighted by Gasteiger charge is 2.47. The molecule has 1 heterocycles. The van der Waals surface area contributed by atoms with Crippen molar-refractivity contribution >= 4 is 5.97 Å². The zero-order valence-corrected chi connectivity index (χ0v) is 11.3. The number of halogens is 3. The highest BCUT2D eigenvalue weighted by molar-refractivity contribution is 5.90. The smallest absolute Gasteiger partial charge is 0.449 e. The van der Waals surface area contributed by atoms with Gasteiger partial charge in [-0.3, -0.25) is 0 Å². The highest BCUT2D eigenvalue weighted by Crippen LogP contribution is 2.38. The average Bonchev–Trinajstić information content (AvgIpc) is 2.59. The summed E-state index contributed by atoms with van der Waals surface area (Å²) in [5.74, 6) is -2.35. The van der Waals surface area contributed by atoms with Gasteiger partial charge in [-0.1, -0.05) is 0 Å². The monoisotopic (exact) mass is 282 g/mol. The summed E-state index contributed by atoms with van der Waals surface area (Å²) in [6, 6.07) is 0. The van der Waals surface area contributed by atoms with E-state index in [9.17, 15) is 18.0 Å². The molecule has 0 saturated carbocycles. The first kappa shape index (κ1) is 15.8. The molecule has 0 radical (unpaired) electrons. The van der Waals surface area contributed by atoms with E-state index in [1.54, 1.807) is 27.7 Å². The molecule has 1 atom stereocenters. The number of hydrogen-bond acceptors (Lipinski definition) is 4. The van der Waals surface area contributed by atoms with Crippen LogP contribution in [0.25, 0.3) is 0 Å². The van der Waals surface area contributed by atoms with Crippen molar-refractivity contribution in [3.63, 3.8) is 0 Å². The molecule has 1 aliphatic rings. The van der Waals surface area contributed by atoms with Gasteiger partial charge in [0, 0.05) is 13.0 Å². The van der Waals surface area contributed by atoms with E-state index in [2.05, 4.69) is 4.74 Å². The van der Waals surface area contributed by atoms with Gasteiger partial charge in [0.05, 0.1) is 5.57 Å². The minimum absolute atomic E-state index is 0.192. The van der Waals surface area contributed by atoms with Crippen LogP contribution in [0.15, 0.2) is 11.3 Å². The third-order valence-electron chi connectivity index (χ3n) is 2.15. The van der Waals surface area contributed by atoms with Gasteiger partial charge in [0.2, 0.25) is 12.0 Å². The molecule has 0 aromatic heterocycles. The first-order valence-electron chi connectivity index (χ1n) is 5.86. The Hall–Kier alpha value is -1.24. The maximum absolute atomic E-state index is 12.8. The van der Waals surface area contributed by atoms with Crippen molar-refractivity contribution in [3.05, 3.63) is 11.3 Å². The number of hydrogen-bond donors (Lipinski definition) is 0. The Kier molecular flexibility index (Phi) is 4.50. The topological polar surface area (TPSA) is 44.8 Å². The van der Waals surface area contributed by atoms with E-state index in [1.165, 1.54) is 0 Å². The van der Waals surface area contributed by atoms with Crippen molar-refractivity contribution in [1.82, 2.24) is 0 Å². The van der Waals surface area contributed by atoms with Crippen molar-refractivity contribution in [2.45, 2.75) is 52.2 Å². The predicted octanol–water partition coefficient (Wildman–Crippen LogP) is 2.93. The van der Waals surface area contributed by atoms with E-state index in [1.807, 2.05) is 0 Å². The average molecular weight is 282 g/mol. The van der Waals surface area contributed by atoms with Crippen LogP contribution < -0.4 is 0 Å². The van der Waals surface area contributed by atoms with E-state index >= 15 is 0 Å². The quantitative estimate of drug-likeness (QED) is 0.747. The van der Waals surface area contributed by atoms with Gasteiger partial charge >= 0.3 is 12.1 Å². The summed E-state index contributed by atoms with van der Waals surface area (Å²) in [7, 11) is 0. The number of rotatable bonds is 3. The van der Waals surface area contributed by atoms with Gasteiger partial charge in [-0.15, -0.1) is 0 Å². The molecule has 1 rings (SSSR count). The number of carbonyl (C=O) groups excluding carboxylic acids is 1. The normalized spacial score (nSPS) is 20.5. The van der Waals surface area contributed by atoms with Crippen LogP contribution in [0, 0.1) is 0 Å². The van der Waals surface area contributed by atoms with Crippen molar-refractivity contribution in [2.24, 2.45) is 0 Å². The molecule has 0 N–H and O–H groups in total. The molecule has 7 heteroatoms. The Morgan fingerprint density at radius 2 is 1.95 bits per heavy atom. The van der Waals surface area contributed by atoms with Gasteiger partial charge in [-0.05, 0) is 27.7 Å². The number of carbonyl (C=O) groups is 1. The Morgan fingerprint density at radius 3 is 2.37 bits per heavy atom. The molecule has 19 heavy (non-hydrogen) atoms. The van der Waals surface area contributed by atoms with E-state index < -0.39 is 35.4 Å². The maximum atomic E-state index is 12.8. The van der Waals surface area contributed by atoms with Gasteiger partial charge in [-0.2, -0.15) is 13.2 Å². The van der Waals surface area contributed by atoms with E-state index in [-0.39, 0.29) is 13.0 Å². The second-order valence-corrected chi connectivity index (χ2v) is 5.01. The lowest BCUT2D eigenvalue weighted by Gasteiger charge is -2.20. The van der Waals surface area contributed by atoms with E-state index in [0.717, 1.165) is 0 Å².